The van der Waals surface area contributed by atoms with E-state index < -0.39 is 17.5 Å². The summed E-state index contributed by atoms with van der Waals surface area (Å²) in [5, 5.41) is 27.3. The van der Waals surface area contributed by atoms with E-state index in [0.29, 0.717) is 22.7 Å². The summed E-state index contributed by atoms with van der Waals surface area (Å²) in [4.78, 5) is 2.77. The predicted molar refractivity (Wildman–Crippen MR) is 75.4 cm³/mol. The molecule has 3 rings (SSSR count). The highest BCUT2D eigenvalue weighted by molar-refractivity contribution is 5.86. The Labute approximate surface area is 128 Å². The second-order valence-corrected chi connectivity index (χ2v) is 4.99. The number of nitriles is 1. The Hall–Kier alpha value is -3.08. The van der Waals surface area contributed by atoms with Gasteiger partial charge in [-0.2, -0.15) is 18.4 Å². The van der Waals surface area contributed by atoms with Crippen molar-refractivity contribution in [2.24, 2.45) is 0 Å². The Balaban J connectivity index is 2.21. The molecule has 0 amide bonds. The van der Waals surface area contributed by atoms with Crippen LogP contribution in [-0.4, -0.2) is 20.3 Å². The number of halogens is 3. The van der Waals surface area contributed by atoms with Crippen molar-refractivity contribution in [2.75, 3.05) is 0 Å². The van der Waals surface area contributed by atoms with Crippen LogP contribution in [0, 0.1) is 18.3 Å². The molecule has 116 valence electrons. The van der Waals surface area contributed by atoms with Gasteiger partial charge in [0.2, 0.25) is 0 Å². The minimum Gasteiger partial charge on any atom is -0.507 e. The van der Waals surface area contributed by atoms with E-state index >= 15 is 0 Å². The molecule has 0 fully saturated rings. The third-order valence-electron chi connectivity index (χ3n) is 3.46. The highest BCUT2D eigenvalue weighted by Gasteiger charge is 2.32. The van der Waals surface area contributed by atoms with Gasteiger partial charge in [-0.25, -0.2) is 0 Å². The van der Waals surface area contributed by atoms with Crippen LogP contribution in [-0.2, 0) is 6.18 Å². The molecule has 0 aliphatic heterocycles. The first kappa shape index (κ1) is 14.8. The normalized spacial score (nSPS) is 11.6. The van der Waals surface area contributed by atoms with E-state index in [1.807, 2.05) is 6.07 Å². The number of nitrogens with zero attached hydrogens (tertiary/aromatic N) is 3. The van der Waals surface area contributed by atoms with Crippen molar-refractivity contribution in [3.63, 3.8) is 0 Å². The van der Waals surface area contributed by atoms with Gasteiger partial charge in [0, 0.05) is 17.1 Å². The van der Waals surface area contributed by atoms with Gasteiger partial charge in [0.25, 0.3) is 0 Å². The summed E-state index contributed by atoms with van der Waals surface area (Å²) in [5.41, 5.74) is 0.328. The lowest BCUT2D eigenvalue weighted by atomic mass is 10.00. The number of phenols is 1. The number of rotatable bonds is 1. The van der Waals surface area contributed by atoms with Crippen LogP contribution >= 0.6 is 0 Å². The summed E-state index contributed by atoms with van der Waals surface area (Å²) in [6.07, 6.45) is -3.09. The van der Waals surface area contributed by atoms with Gasteiger partial charge in [0.05, 0.1) is 16.8 Å². The van der Waals surface area contributed by atoms with Crippen LogP contribution in [0.3, 0.4) is 0 Å². The van der Waals surface area contributed by atoms with E-state index in [4.69, 9.17) is 5.26 Å². The molecule has 0 unspecified atom stereocenters. The number of aromatic amines is 1. The zero-order valence-corrected chi connectivity index (χ0v) is 11.7. The number of nitrogens with one attached hydrogen (secondary N) is 1. The summed E-state index contributed by atoms with van der Waals surface area (Å²) < 4.78 is 38.3. The topological polar surface area (TPSA) is 85.6 Å². The first-order chi connectivity index (χ1) is 10.8. The van der Waals surface area contributed by atoms with Gasteiger partial charge in [0.1, 0.15) is 11.8 Å². The van der Waals surface area contributed by atoms with Crippen LogP contribution < -0.4 is 0 Å². The Bertz CT molecular complexity index is 930. The van der Waals surface area contributed by atoms with Crippen LogP contribution in [0.5, 0.6) is 5.75 Å². The van der Waals surface area contributed by atoms with Crippen molar-refractivity contribution in [2.45, 2.75) is 13.1 Å². The Morgan fingerprint density at radius 2 is 1.96 bits per heavy atom. The maximum absolute atomic E-state index is 12.8. The van der Waals surface area contributed by atoms with E-state index in [1.54, 1.807) is 0 Å². The average molecular weight is 318 g/mol. The fourth-order valence-electron chi connectivity index (χ4n) is 2.40. The fourth-order valence-corrected chi connectivity index (χ4v) is 2.40. The maximum Gasteiger partial charge on any atom is 0.416 e. The molecule has 3 aromatic rings. The Morgan fingerprint density at radius 3 is 2.57 bits per heavy atom. The Kier molecular flexibility index (Phi) is 3.21. The molecule has 2 heterocycles. The standard InChI is InChI=1S/C15H9F3N4O/c1-7-2-9(15(16,17)18)3-12(23)13(7)11-4-10-8(5-19)6-20-14(10)22-21-11/h2-4,6,23H,1H3,(H,20,22). The molecule has 8 heteroatoms. The summed E-state index contributed by atoms with van der Waals surface area (Å²) >= 11 is 0. The van der Waals surface area contributed by atoms with E-state index in [2.05, 4.69) is 15.2 Å². The van der Waals surface area contributed by atoms with Gasteiger partial charge in [-0.05, 0) is 30.7 Å². The Morgan fingerprint density at radius 1 is 1.22 bits per heavy atom. The highest BCUT2D eigenvalue weighted by atomic mass is 19.4. The molecule has 23 heavy (non-hydrogen) atoms. The van der Waals surface area contributed by atoms with Crippen molar-refractivity contribution >= 4 is 11.0 Å². The van der Waals surface area contributed by atoms with E-state index in [-0.39, 0.29) is 16.8 Å². The largest absolute Gasteiger partial charge is 0.507 e. The number of benzene rings is 1. The number of aromatic hydroxyl groups is 1. The number of H-pyrrole nitrogens is 1. The van der Waals surface area contributed by atoms with Crippen molar-refractivity contribution in [1.29, 1.82) is 5.26 Å². The minimum atomic E-state index is -4.55. The van der Waals surface area contributed by atoms with Gasteiger partial charge < -0.3 is 10.1 Å². The molecule has 2 aromatic heterocycles. The smallest absolute Gasteiger partial charge is 0.416 e. The van der Waals surface area contributed by atoms with Crippen LogP contribution in [0.1, 0.15) is 16.7 Å². The summed E-state index contributed by atoms with van der Waals surface area (Å²) in [5.74, 6) is -0.542. The van der Waals surface area contributed by atoms with E-state index in [9.17, 15) is 18.3 Å². The zero-order valence-electron chi connectivity index (χ0n) is 11.7. The molecule has 1 aromatic carbocycles. The molecule has 0 radical (unpaired) electrons. The third kappa shape index (κ3) is 2.46. The van der Waals surface area contributed by atoms with E-state index in [0.717, 1.165) is 6.07 Å². The monoisotopic (exact) mass is 318 g/mol. The number of hydrogen-bond donors (Lipinski definition) is 2. The molecule has 0 saturated heterocycles. The summed E-state index contributed by atoms with van der Waals surface area (Å²) in [6, 6.07) is 5.07. The molecule has 0 bridgehead atoms. The van der Waals surface area contributed by atoms with Crippen molar-refractivity contribution < 1.29 is 18.3 Å². The molecule has 0 saturated carbocycles. The predicted octanol–water partition coefficient (Wildman–Crippen LogP) is 3.53. The molecule has 2 N–H and O–H groups in total. The average Bonchev–Trinajstić information content (AvgIpc) is 2.88. The number of fused-ring (bicyclic) bond motifs is 1. The van der Waals surface area contributed by atoms with Crippen LogP contribution in [0.2, 0.25) is 0 Å². The van der Waals surface area contributed by atoms with Crippen molar-refractivity contribution in [3.8, 4) is 23.1 Å². The molecule has 0 spiro atoms. The second kappa shape index (κ2) is 4.98. The van der Waals surface area contributed by atoms with Gasteiger partial charge in [0.15, 0.2) is 5.65 Å². The molecular weight excluding hydrogens is 309 g/mol. The zero-order chi connectivity index (χ0) is 16.8. The van der Waals surface area contributed by atoms with Crippen LogP contribution in [0.4, 0.5) is 13.2 Å². The summed E-state index contributed by atoms with van der Waals surface area (Å²) in [7, 11) is 0. The minimum absolute atomic E-state index is 0.150. The number of phenolic OH excluding ortho intramolecular Hbond substituents is 1. The SMILES string of the molecule is Cc1cc(C(F)(F)F)cc(O)c1-c1cc2c(C#N)c[nH]c2nn1. The van der Waals surface area contributed by atoms with Crippen molar-refractivity contribution in [1.82, 2.24) is 15.2 Å². The molecule has 0 aliphatic carbocycles. The maximum atomic E-state index is 12.8. The van der Waals surface area contributed by atoms with Crippen LogP contribution in [0.15, 0.2) is 24.4 Å². The van der Waals surface area contributed by atoms with Crippen LogP contribution in [0.25, 0.3) is 22.3 Å². The van der Waals surface area contributed by atoms with E-state index in [1.165, 1.54) is 19.2 Å². The number of hydrogen-bond acceptors (Lipinski definition) is 4. The lowest BCUT2D eigenvalue weighted by Gasteiger charge is -2.12. The van der Waals surface area contributed by atoms with Gasteiger partial charge >= 0.3 is 6.18 Å². The fraction of sp³-hybridized carbons (Fsp3) is 0.133. The van der Waals surface area contributed by atoms with Crippen molar-refractivity contribution in [3.05, 3.63) is 41.1 Å². The lowest BCUT2D eigenvalue weighted by Crippen LogP contribution is -2.05. The lowest BCUT2D eigenvalue weighted by molar-refractivity contribution is -0.137. The molecule has 5 nitrogen and oxygen atoms in total. The number of aryl methyl sites for hydroxylation is 1. The molecule has 0 aliphatic rings. The number of aromatic nitrogens is 3. The number of alkyl halides is 3. The second-order valence-electron chi connectivity index (χ2n) is 4.99. The summed E-state index contributed by atoms with van der Waals surface area (Å²) in [6.45, 7) is 1.44. The quantitative estimate of drug-likeness (QED) is 0.718. The first-order valence-corrected chi connectivity index (χ1v) is 6.47. The highest BCUT2D eigenvalue weighted by Crippen LogP contribution is 2.38. The first-order valence-electron chi connectivity index (χ1n) is 6.47. The molecule has 0 atom stereocenters. The van der Waals surface area contributed by atoms with Gasteiger partial charge in [-0.15, -0.1) is 10.2 Å². The molecular formula is C15H9F3N4O. The van der Waals surface area contributed by atoms with Gasteiger partial charge in [-0.3, -0.25) is 0 Å². The third-order valence-corrected chi connectivity index (χ3v) is 3.46. The van der Waals surface area contributed by atoms with Gasteiger partial charge in [-0.1, -0.05) is 0 Å².